The minimum absolute atomic E-state index is 0.466. The smallest absolute Gasteiger partial charge is 0.109 e. The number of hydrogen-bond acceptors (Lipinski definition) is 4. The van der Waals surface area contributed by atoms with Gasteiger partial charge >= 0.3 is 0 Å². The number of rotatable bonds is 6. The van der Waals surface area contributed by atoms with Gasteiger partial charge in [-0.25, -0.2) is 0 Å². The zero-order valence-corrected chi connectivity index (χ0v) is 7.86. The van der Waals surface area contributed by atoms with E-state index in [1.165, 1.54) is 7.11 Å². The van der Waals surface area contributed by atoms with Crippen molar-refractivity contribution in [3.63, 3.8) is 0 Å². The van der Waals surface area contributed by atoms with E-state index in [1.54, 1.807) is 14.0 Å². The van der Waals surface area contributed by atoms with E-state index < -0.39 is 18.3 Å². The Labute approximate surface area is 73.1 Å². The van der Waals surface area contributed by atoms with Crippen LogP contribution in [0.1, 0.15) is 13.3 Å². The van der Waals surface area contributed by atoms with Gasteiger partial charge in [0.15, 0.2) is 0 Å². The summed E-state index contributed by atoms with van der Waals surface area (Å²) < 4.78 is 9.70. The molecular weight excluding hydrogens is 160 g/mol. The number of aliphatic hydroxyl groups excluding tert-OH is 2. The zero-order valence-electron chi connectivity index (χ0n) is 7.86. The van der Waals surface area contributed by atoms with E-state index in [4.69, 9.17) is 14.6 Å². The van der Waals surface area contributed by atoms with E-state index >= 15 is 0 Å². The van der Waals surface area contributed by atoms with Crippen molar-refractivity contribution in [2.24, 2.45) is 0 Å². The first-order valence-corrected chi connectivity index (χ1v) is 4.01. The average molecular weight is 178 g/mol. The van der Waals surface area contributed by atoms with Crippen LogP contribution in [0.4, 0.5) is 0 Å². The fourth-order valence-electron chi connectivity index (χ4n) is 1.08. The van der Waals surface area contributed by atoms with Crippen molar-refractivity contribution in [2.75, 3.05) is 20.8 Å². The molecule has 0 aliphatic rings. The molecule has 2 N–H and O–H groups in total. The van der Waals surface area contributed by atoms with Crippen molar-refractivity contribution in [1.82, 2.24) is 0 Å². The molecule has 0 amide bonds. The third-order valence-electron chi connectivity index (χ3n) is 1.74. The summed E-state index contributed by atoms with van der Waals surface area (Å²) in [7, 11) is 3.03. The topological polar surface area (TPSA) is 58.9 Å². The molecule has 0 radical (unpaired) electrons. The Morgan fingerprint density at radius 3 is 2.17 bits per heavy atom. The van der Waals surface area contributed by atoms with Gasteiger partial charge in [0, 0.05) is 20.8 Å². The van der Waals surface area contributed by atoms with Crippen LogP contribution in [0.25, 0.3) is 0 Å². The molecule has 0 rings (SSSR count). The summed E-state index contributed by atoms with van der Waals surface area (Å²) in [6.45, 7) is 2.05. The lowest BCUT2D eigenvalue weighted by molar-refractivity contribution is -0.0818. The molecule has 0 aromatic rings. The molecule has 0 saturated carbocycles. The van der Waals surface area contributed by atoms with Gasteiger partial charge in [-0.3, -0.25) is 0 Å². The molecule has 0 aromatic carbocycles. The Balaban J connectivity index is 3.77. The van der Waals surface area contributed by atoms with Crippen molar-refractivity contribution in [1.29, 1.82) is 0 Å². The summed E-state index contributed by atoms with van der Waals surface area (Å²) in [6.07, 6.45) is -1.39. The summed E-state index contributed by atoms with van der Waals surface area (Å²) in [5, 5.41) is 18.6. The van der Waals surface area contributed by atoms with Crippen molar-refractivity contribution >= 4 is 0 Å². The Morgan fingerprint density at radius 1 is 1.25 bits per heavy atom. The van der Waals surface area contributed by atoms with Gasteiger partial charge in [0.25, 0.3) is 0 Å². The lowest BCUT2D eigenvalue weighted by Gasteiger charge is -2.23. The second kappa shape index (κ2) is 6.37. The number of ether oxygens (including phenoxy) is 2. The molecule has 0 aromatic heterocycles. The normalized spacial score (nSPS) is 18.8. The van der Waals surface area contributed by atoms with Crippen LogP contribution in [-0.4, -0.2) is 49.4 Å². The summed E-state index contributed by atoms with van der Waals surface area (Å²) in [6, 6.07) is 0. The van der Waals surface area contributed by atoms with Crippen molar-refractivity contribution < 1.29 is 19.7 Å². The van der Waals surface area contributed by atoms with Gasteiger partial charge in [-0.15, -0.1) is 0 Å². The highest BCUT2D eigenvalue weighted by Crippen LogP contribution is 2.07. The summed E-state index contributed by atoms with van der Waals surface area (Å²) in [4.78, 5) is 0. The number of aliphatic hydroxyl groups is 2. The second-order valence-corrected chi connectivity index (χ2v) is 2.79. The Bertz CT molecular complexity index is 105. The Morgan fingerprint density at radius 2 is 1.83 bits per heavy atom. The first-order chi connectivity index (χ1) is 5.63. The first-order valence-electron chi connectivity index (χ1n) is 4.01. The van der Waals surface area contributed by atoms with Crippen molar-refractivity contribution in [2.45, 2.75) is 31.7 Å². The highest BCUT2D eigenvalue weighted by atomic mass is 16.5. The molecule has 4 nitrogen and oxygen atoms in total. The van der Waals surface area contributed by atoms with Crippen LogP contribution >= 0.6 is 0 Å². The molecule has 0 saturated heterocycles. The van der Waals surface area contributed by atoms with Crippen molar-refractivity contribution in [3.8, 4) is 0 Å². The maximum atomic E-state index is 9.45. The van der Waals surface area contributed by atoms with Crippen LogP contribution in [0.15, 0.2) is 0 Å². The third kappa shape index (κ3) is 4.01. The molecule has 3 unspecified atom stereocenters. The zero-order chi connectivity index (χ0) is 9.56. The molecule has 4 heteroatoms. The van der Waals surface area contributed by atoms with E-state index in [0.29, 0.717) is 13.0 Å². The summed E-state index contributed by atoms with van der Waals surface area (Å²) in [5.74, 6) is 0. The standard InChI is InChI=1S/C8H18O4/c1-6(9)8(12-3)7(10)4-5-11-2/h6-10H,4-5H2,1-3H3. The maximum Gasteiger partial charge on any atom is 0.109 e. The third-order valence-corrected chi connectivity index (χ3v) is 1.74. The van der Waals surface area contributed by atoms with E-state index in [9.17, 15) is 5.11 Å². The molecule has 0 heterocycles. The van der Waals surface area contributed by atoms with Gasteiger partial charge in [-0.2, -0.15) is 0 Å². The van der Waals surface area contributed by atoms with Crippen LogP contribution in [-0.2, 0) is 9.47 Å². The van der Waals surface area contributed by atoms with Gasteiger partial charge in [-0.05, 0) is 13.3 Å². The van der Waals surface area contributed by atoms with E-state index in [-0.39, 0.29) is 0 Å². The van der Waals surface area contributed by atoms with Gasteiger partial charge < -0.3 is 19.7 Å². The fraction of sp³-hybridized carbons (Fsp3) is 1.00. The molecular formula is C8H18O4. The average Bonchev–Trinajstić information content (AvgIpc) is 2.01. The maximum absolute atomic E-state index is 9.45. The highest BCUT2D eigenvalue weighted by Gasteiger charge is 2.22. The monoisotopic (exact) mass is 178 g/mol. The van der Waals surface area contributed by atoms with Gasteiger partial charge in [-0.1, -0.05) is 0 Å². The summed E-state index contributed by atoms with van der Waals surface area (Å²) in [5.41, 5.74) is 0. The molecule has 0 spiro atoms. The van der Waals surface area contributed by atoms with Gasteiger partial charge in [0.1, 0.15) is 6.10 Å². The predicted octanol–water partition coefficient (Wildman–Crippen LogP) is -0.220. The largest absolute Gasteiger partial charge is 0.391 e. The van der Waals surface area contributed by atoms with Crippen LogP contribution in [0.5, 0.6) is 0 Å². The van der Waals surface area contributed by atoms with Crippen molar-refractivity contribution in [3.05, 3.63) is 0 Å². The van der Waals surface area contributed by atoms with E-state index in [2.05, 4.69) is 0 Å². The molecule has 0 bridgehead atoms. The minimum atomic E-state index is -0.671. The van der Waals surface area contributed by atoms with E-state index in [1.807, 2.05) is 0 Å². The van der Waals surface area contributed by atoms with Crippen LogP contribution < -0.4 is 0 Å². The summed E-state index contributed by atoms with van der Waals surface area (Å²) >= 11 is 0. The van der Waals surface area contributed by atoms with Crippen LogP contribution in [0.3, 0.4) is 0 Å². The number of hydrogen-bond donors (Lipinski definition) is 2. The van der Waals surface area contributed by atoms with Crippen LogP contribution in [0.2, 0.25) is 0 Å². The second-order valence-electron chi connectivity index (χ2n) is 2.79. The fourth-order valence-corrected chi connectivity index (χ4v) is 1.08. The molecule has 3 atom stereocenters. The first kappa shape index (κ1) is 11.8. The molecule has 0 aliphatic heterocycles. The van der Waals surface area contributed by atoms with Gasteiger partial charge in [0.2, 0.25) is 0 Å². The Kier molecular flexibility index (Phi) is 6.28. The molecule has 12 heavy (non-hydrogen) atoms. The van der Waals surface area contributed by atoms with E-state index in [0.717, 1.165) is 0 Å². The molecule has 0 fully saturated rings. The van der Waals surface area contributed by atoms with Crippen LogP contribution in [0, 0.1) is 0 Å². The lowest BCUT2D eigenvalue weighted by atomic mass is 10.1. The number of methoxy groups -OCH3 is 2. The Hall–Kier alpha value is -0.160. The molecule has 0 aliphatic carbocycles. The van der Waals surface area contributed by atoms with Gasteiger partial charge in [0.05, 0.1) is 12.2 Å². The SMILES string of the molecule is COCCC(O)C(OC)C(C)O. The molecule has 74 valence electrons. The quantitative estimate of drug-likeness (QED) is 0.590. The minimum Gasteiger partial charge on any atom is -0.391 e. The lowest BCUT2D eigenvalue weighted by Crippen LogP contribution is -2.37. The highest BCUT2D eigenvalue weighted by molar-refractivity contribution is 4.73. The predicted molar refractivity (Wildman–Crippen MR) is 45.0 cm³/mol.